The number of ether oxygens (including phenoxy) is 1. The molecule has 0 spiro atoms. The van der Waals surface area contributed by atoms with Gasteiger partial charge in [0.15, 0.2) is 0 Å². The minimum absolute atomic E-state index is 0.193. The zero-order chi connectivity index (χ0) is 9.40. The van der Waals surface area contributed by atoms with Crippen molar-refractivity contribution in [1.29, 1.82) is 0 Å². The molecule has 0 amide bonds. The van der Waals surface area contributed by atoms with Gasteiger partial charge in [-0.1, -0.05) is 33.6 Å². The van der Waals surface area contributed by atoms with Crippen molar-refractivity contribution < 1.29 is 9.53 Å². The quantitative estimate of drug-likeness (QED) is 0.435. The zero-order valence-corrected chi connectivity index (χ0v) is 8.38. The van der Waals surface area contributed by atoms with Crippen molar-refractivity contribution in [2.75, 3.05) is 6.61 Å². The fraction of sp³-hybridized carbons (Fsp3) is 0.900. The summed E-state index contributed by atoms with van der Waals surface area (Å²) in [4.78, 5) is 10.6. The fourth-order valence-corrected chi connectivity index (χ4v) is 0.934. The van der Waals surface area contributed by atoms with E-state index in [0.717, 1.165) is 25.5 Å². The van der Waals surface area contributed by atoms with Crippen molar-refractivity contribution in [3.8, 4) is 0 Å². The second-order valence-electron chi connectivity index (χ2n) is 3.21. The van der Waals surface area contributed by atoms with Crippen LogP contribution in [0.4, 0.5) is 0 Å². The molecule has 0 aromatic carbocycles. The van der Waals surface area contributed by atoms with Gasteiger partial charge in [0.2, 0.25) is 0 Å². The Morgan fingerprint density at radius 3 is 2.50 bits per heavy atom. The predicted molar refractivity (Wildman–Crippen MR) is 50.2 cm³/mol. The van der Waals surface area contributed by atoms with Crippen LogP contribution in [0.1, 0.15) is 40.0 Å². The first kappa shape index (κ1) is 11.6. The smallest absolute Gasteiger partial charge is 0.149 e. The molecule has 0 aromatic heterocycles. The van der Waals surface area contributed by atoms with E-state index in [0.29, 0.717) is 12.5 Å². The van der Waals surface area contributed by atoms with Crippen LogP contribution in [0.2, 0.25) is 0 Å². The van der Waals surface area contributed by atoms with E-state index in [9.17, 15) is 4.79 Å². The molecular formula is C10H20O2. The van der Waals surface area contributed by atoms with Crippen LogP contribution in [0.15, 0.2) is 0 Å². The van der Waals surface area contributed by atoms with E-state index in [-0.39, 0.29) is 6.10 Å². The topological polar surface area (TPSA) is 26.3 Å². The summed E-state index contributed by atoms with van der Waals surface area (Å²) < 4.78 is 5.42. The molecule has 12 heavy (non-hydrogen) atoms. The molecule has 2 nitrogen and oxygen atoms in total. The highest BCUT2D eigenvalue weighted by atomic mass is 16.5. The zero-order valence-electron chi connectivity index (χ0n) is 8.38. The average Bonchev–Trinajstić information content (AvgIpc) is 2.11. The lowest BCUT2D eigenvalue weighted by atomic mass is 10.0. The summed E-state index contributed by atoms with van der Waals surface area (Å²) in [5.74, 6) is 0.347. The van der Waals surface area contributed by atoms with Crippen LogP contribution < -0.4 is 0 Å². The number of carbonyl (C=O) groups is 1. The maximum Gasteiger partial charge on any atom is 0.149 e. The van der Waals surface area contributed by atoms with Gasteiger partial charge in [0.25, 0.3) is 0 Å². The molecule has 0 aliphatic rings. The molecule has 0 N–H and O–H groups in total. The van der Waals surface area contributed by atoms with Crippen LogP contribution in [0, 0.1) is 5.92 Å². The maximum atomic E-state index is 10.6. The average molecular weight is 172 g/mol. The molecule has 0 heterocycles. The highest BCUT2D eigenvalue weighted by Crippen LogP contribution is 2.09. The van der Waals surface area contributed by atoms with Gasteiger partial charge < -0.3 is 9.53 Å². The van der Waals surface area contributed by atoms with Gasteiger partial charge in [-0.2, -0.15) is 0 Å². The molecule has 0 radical (unpaired) electrons. The Morgan fingerprint density at radius 2 is 2.08 bits per heavy atom. The first-order valence-corrected chi connectivity index (χ1v) is 4.83. The first-order valence-electron chi connectivity index (χ1n) is 4.83. The molecule has 0 bridgehead atoms. The number of unbranched alkanes of at least 4 members (excludes halogenated alkanes) is 1. The third-order valence-electron chi connectivity index (χ3n) is 2.15. The van der Waals surface area contributed by atoms with Crippen molar-refractivity contribution in [1.82, 2.24) is 0 Å². The van der Waals surface area contributed by atoms with Gasteiger partial charge >= 0.3 is 0 Å². The van der Waals surface area contributed by atoms with Crippen LogP contribution in [-0.2, 0) is 9.53 Å². The highest BCUT2D eigenvalue weighted by molar-refractivity contribution is 5.56. The lowest BCUT2D eigenvalue weighted by Gasteiger charge is -2.17. The van der Waals surface area contributed by atoms with Gasteiger partial charge in [0, 0.05) is 6.61 Å². The van der Waals surface area contributed by atoms with Crippen LogP contribution in [0.5, 0.6) is 0 Å². The molecule has 0 aliphatic carbocycles. The molecule has 0 aliphatic heterocycles. The molecule has 0 saturated carbocycles. The molecule has 0 rings (SSSR count). The van der Waals surface area contributed by atoms with Crippen molar-refractivity contribution in [2.24, 2.45) is 5.92 Å². The molecule has 2 atom stereocenters. The second-order valence-corrected chi connectivity index (χ2v) is 3.21. The van der Waals surface area contributed by atoms with Crippen LogP contribution in [0.3, 0.4) is 0 Å². The van der Waals surface area contributed by atoms with Crippen molar-refractivity contribution >= 4 is 6.29 Å². The lowest BCUT2D eigenvalue weighted by Crippen LogP contribution is -2.23. The van der Waals surface area contributed by atoms with E-state index in [4.69, 9.17) is 4.74 Å². The van der Waals surface area contributed by atoms with E-state index in [1.54, 1.807) is 0 Å². The summed E-state index contributed by atoms with van der Waals surface area (Å²) in [5, 5.41) is 0. The van der Waals surface area contributed by atoms with E-state index in [1.165, 1.54) is 0 Å². The summed E-state index contributed by atoms with van der Waals surface area (Å²) >= 11 is 0. The molecule has 0 saturated heterocycles. The molecule has 0 fully saturated rings. The molecule has 2 unspecified atom stereocenters. The molecule has 0 aromatic rings. The van der Waals surface area contributed by atoms with E-state index in [1.807, 2.05) is 6.92 Å². The SMILES string of the molecule is CCCCOC(C=O)C(C)CC. The maximum absolute atomic E-state index is 10.6. The summed E-state index contributed by atoms with van der Waals surface area (Å²) in [7, 11) is 0. The minimum atomic E-state index is -0.193. The van der Waals surface area contributed by atoms with Gasteiger partial charge in [0.1, 0.15) is 12.4 Å². The summed E-state index contributed by atoms with van der Waals surface area (Å²) in [6.45, 7) is 6.95. The summed E-state index contributed by atoms with van der Waals surface area (Å²) in [6, 6.07) is 0. The van der Waals surface area contributed by atoms with Crippen LogP contribution in [0.25, 0.3) is 0 Å². The number of hydrogen-bond acceptors (Lipinski definition) is 2. The van der Waals surface area contributed by atoms with Crippen LogP contribution in [-0.4, -0.2) is 19.0 Å². The predicted octanol–water partition coefficient (Wildman–Crippen LogP) is 2.42. The summed E-state index contributed by atoms with van der Waals surface area (Å²) in [6.07, 6.45) is 3.88. The lowest BCUT2D eigenvalue weighted by molar-refractivity contribution is -0.121. The Morgan fingerprint density at radius 1 is 1.42 bits per heavy atom. The molecule has 72 valence electrons. The second kappa shape index (κ2) is 7.29. The van der Waals surface area contributed by atoms with Gasteiger partial charge in [-0.25, -0.2) is 0 Å². The first-order chi connectivity index (χ1) is 5.76. The Kier molecular flexibility index (Phi) is 7.06. The Labute approximate surface area is 75.3 Å². The monoisotopic (exact) mass is 172 g/mol. The molecular weight excluding hydrogens is 152 g/mol. The number of carbonyl (C=O) groups excluding carboxylic acids is 1. The summed E-state index contributed by atoms with van der Waals surface area (Å²) in [5.41, 5.74) is 0. The number of rotatable bonds is 7. The number of hydrogen-bond donors (Lipinski definition) is 0. The minimum Gasteiger partial charge on any atom is -0.370 e. The Hall–Kier alpha value is -0.370. The Bertz CT molecular complexity index is 112. The number of aldehydes is 1. The van der Waals surface area contributed by atoms with E-state index in [2.05, 4.69) is 13.8 Å². The standard InChI is InChI=1S/C10H20O2/c1-4-6-7-12-10(8-11)9(3)5-2/h8-10H,4-7H2,1-3H3. The van der Waals surface area contributed by atoms with Gasteiger partial charge in [-0.3, -0.25) is 0 Å². The van der Waals surface area contributed by atoms with Crippen molar-refractivity contribution in [2.45, 2.75) is 46.1 Å². The van der Waals surface area contributed by atoms with Gasteiger partial charge in [0.05, 0.1) is 0 Å². The van der Waals surface area contributed by atoms with Gasteiger partial charge in [-0.15, -0.1) is 0 Å². The Balaban J connectivity index is 3.59. The van der Waals surface area contributed by atoms with Gasteiger partial charge in [-0.05, 0) is 12.3 Å². The third kappa shape index (κ3) is 4.50. The highest BCUT2D eigenvalue weighted by Gasteiger charge is 2.14. The van der Waals surface area contributed by atoms with E-state index >= 15 is 0 Å². The fourth-order valence-electron chi connectivity index (χ4n) is 0.934. The third-order valence-corrected chi connectivity index (χ3v) is 2.15. The van der Waals surface area contributed by atoms with Crippen molar-refractivity contribution in [3.05, 3.63) is 0 Å². The molecule has 2 heteroatoms. The largest absolute Gasteiger partial charge is 0.370 e. The van der Waals surface area contributed by atoms with E-state index < -0.39 is 0 Å². The van der Waals surface area contributed by atoms with Crippen LogP contribution >= 0.6 is 0 Å². The normalized spacial score (nSPS) is 15.6. The van der Waals surface area contributed by atoms with Crippen molar-refractivity contribution in [3.63, 3.8) is 0 Å².